The highest BCUT2D eigenvalue weighted by Gasteiger charge is 2.15. The van der Waals surface area contributed by atoms with Crippen molar-refractivity contribution in [3.8, 4) is 0 Å². The molecule has 0 saturated heterocycles. The predicted octanol–water partition coefficient (Wildman–Crippen LogP) is 3.23. The summed E-state index contributed by atoms with van der Waals surface area (Å²) >= 11 is 6.42. The van der Waals surface area contributed by atoms with Crippen LogP contribution in [0.15, 0.2) is 30.3 Å². The summed E-state index contributed by atoms with van der Waals surface area (Å²) in [4.78, 5) is 0. The lowest BCUT2D eigenvalue weighted by Crippen LogP contribution is -3.00. The molecule has 0 spiro atoms. The van der Waals surface area contributed by atoms with Gasteiger partial charge in [0.25, 0.3) is 0 Å². The Balaban J connectivity index is 0.00000264. The van der Waals surface area contributed by atoms with Crippen LogP contribution in [0.2, 0.25) is 5.02 Å². The van der Waals surface area contributed by atoms with Crippen molar-refractivity contribution < 1.29 is 17.0 Å². The molecule has 0 N–H and O–H groups in total. The van der Waals surface area contributed by atoms with Crippen molar-refractivity contribution in [1.82, 2.24) is 0 Å². The molecule has 0 aliphatic heterocycles. The van der Waals surface area contributed by atoms with Crippen molar-refractivity contribution in [2.45, 2.75) is 71.8 Å². The van der Waals surface area contributed by atoms with Crippen molar-refractivity contribution in [3.63, 3.8) is 0 Å². The molecule has 3 heteroatoms. The number of pyridine rings is 1. The molecule has 2 rings (SSSR count). The van der Waals surface area contributed by atoms with Crippen LogP contribution in [0.25, 0.3) is 10.9 Å². The van der Waals surface area contributed by atoms with Crippen molar-refractivity contribution in [2.75, 3.05) is 0 Å². The van der Waals surface area contributed by atoms with Crippen LogP contribution in [-0.4, -0.2) is 0 Å². The number of hydrogen-bond donors (Lipinski definition) is 0. The first-order chi connectivity index (χ1) is 10.7. The fraction of sp³-hybridized carbons (Fsp3) is 0.550. The second kappa shape index (κ2) is 10.9. The molecule has 0 atom stereocenters. The van der Waals surface area contributed by atoms with Gasteiger partial charge in [-0.3, -0.25) is 0 Å². The number of unbranched alkanes of at least 4 members (excludes halogenated alkanes) is 7. The van der Waals surface area contributed by atoms with Gasteiger partial charge in [0.15, 0.2) is 5.69 Å². The number of benzene rings is 1. The molecule has 0 aliphatic rings. The molecule has 0 unspecified atom stereocenters. The number of rotatable bonds is 9. The summed E-state index contributed by atoms with van der Waals surface area (Å²) in [6, 6.07) is 10.5. The third-order valence-electron chi connectivity index (χ3n) is 4.45. The standard InChI is InChI=1S/C20H29ClN.ClH/c1-3-4-5-6-7-8-9-10-16-22-17(2)14-15-18-12-11-13-19(21)20(18)22;/h11-15H,3-10,16H2,1-2H3;1H/q+1;/p-1. The molecule has 1 heterocycles. The zero-order valence-electron chi connectivity index (χ0n) is 14.5. The van der Waals surface area contributed by atoms with Crippen molar-refractivity contribution in [2.24, 2.45) is 0 Å². The molecule has 0 aliphatic carbocycles. The summed E-state index contributed by atoms with van der Waals surface area (Å²) in [6.07, 6.45) is 10.8. The second-order valence-electron chi connectivity index (χ2n) is 6.28. The van der Waals surface area contributed by atoms with Crippen LogP contribution in [0.4, 0.5) is 0 Å². The van der Waals surface area contributed by atoms with E-state index in [9.17, 15) is 0 Å². The highest BCUT2D eigenvalue weighted by Crippen LogP contribution is 2.20. The quantitative estimate of drug-likeness (QED) is 0.481. The highest BCUT2D eigenvalue weighted by atomic mass is 35.5. The largest absolute Gasteiger partial charge is 1.00 e. The highest BCUT2D eigenvalue weighted by molar-refractivity contribution is 6.34. The van der Waals surface area contributed by atoms with Crippen LogP contribution in [0.1, 0.15) is 64.0 Å². The molecular formula is C20H29Cl2N. The Morgan fingerprint density at radius 3 is 2.22 bits per heavy atom. The lowest BCUT2D eigenvalue weighted by molar-refractivity contribution is -0.677. The Morgan fingerprint density at radius 1 is 0.870 bits per heavy atom. The number of para-hydroxylation sites is 1. The summed E-state index contributed by atoms with van der Waals surface area (Å²) in [5, 5.41) is 2.10. The van der Waals surface area contributed by atoms with E-state index in [2.05, 4.69) is 36.6 Å². The third kappa shape index (κ3) is 5.97. The van der Waals surface area contributed by atoms with E-state index >= 15 is 0 Å². The van der Waals surface area contributed by atoms with Crippen molar-refractivity contribution in [1.29, 1.82) is 0 Å². The number of halogens is 2. The average molecular weight is 354 g/mol. The first-order valence-electron chi connectivity index (χ1n) is 8.81. The Labute approximate surface area is 152 Å². The van der Waals surface area contributed by atoms with E-state index in [-0.39, 0.29) is 12.4 Å². The zero-order valence-corrected chi connectivity index (χ0v) is 16.0. The fourth-order valence-corrected chi connectivity index (χ4v) is 3.40. The minimum atomic E-state index is 0. The van der Waals surface area contributed by atoms with E-state index in [4.69, 9.17) is 11.6 Å². The molecule has 0 radical (unpaired) electrons. The first-order valence-corrected chi connectivity index (χ1v) is 9.19. The van der Waals surface area contributed by atoms with Gasteiger partial charge in [0.2, 0.25) is 5.52 Å². The Hall–Kier alpha value is -0.790. The smallest absolute Gasteiger partial charge is 0.231 e. The minimum absolute atomic E-state index is 0. The first kappa shape index (κ1) is 20.3. The summed E-state index contributed by atoms with van der Waals surface area (Å²) in [5.74, 6) is 0. The predicted molar refractivity (Wildman–Crippen MR) is 96.5 cm³/mol. The van der Waals surface area contributed by atoms with Crippen LogP contribution in [0, 0.1) is 6.92 Å². The van der Waals surface area contributed by atoms with E-state index in [1.807, 2.05) is 12.1 Å². The minimum Gasteiger partial charge on any atom is -1.00 e. The molecule has 0 saturated carbocycles. The molecule has 2 aromatic rings. The number of aromatic nitrogens is 1. The van der Waals surface area contributed by atoms with Gasteiger partial charge in [0.1, 0.15) is 11.6 Å². The monoisotopic (exact) mass is 353 g/mol. The molecule has 1 aromatic heterocycles. The maximum absolute atomic E-state index is 6.42. The molecular weight excluding hydrogens is 325 g/mol. The number of fused-ring (bicyclic) bond motifs is 1. The normalized spacial score (nSPS) is 10.7. The van der Waals surface area contributed by atoms with Gasteiger partial charge in [-0.05, 0) is 24.6 Å². The summed E-state index contributed by atoms with van der Waals surface area (Å²) < 4.78 is 2.38. The van der Waals surface area contributed by atoms with E-state index < -0.39 is 0 Å². The molecule has 0 fully saturated rings. The third-order valence-corrected chi connectivity index (χ3v) is 4.76. The lowest BCUT2D eigenvalue weighted by atomic mass is 10.1. The number of aryl methyl sites for hydroxylation is 2. The maximum Gasteiger partial charge on any atom is 0.231 e. The van der Waals surface area contributed by atoms with Gasteiger partial charge < -0.3 is 12.4 Å². The van der Waals surface area contributed by atoms with Crippen LogP contribution in [-0.2, 0) is 6.54 Å². The van der Waals surface area contributed by atoms with Gasteiger partial charge in [-0.2, -0.15) is 4.57 Å². The molecule has 23 heavy (non-hydrogen) atoms. The molecule has 128 valence electrons. The summed E-state index contributed by atoms with van der Waals surface area (Å²) in [5.41, 5.74) is 2.48. The van der Waals surface area contributed by atoms with Gasteiger partial charge in [-0.15, -0.1) is 0 Å². The fourth-order valence-electron chi connectivity index (χ4n) is 3.12. The zero-order chi connectivity index (χ0) is 15.8. The Bertz CT molecular complexity index is 595. The maximum atomic E-state index is 6.42. The van der Waals surface area contributed by atoms with Crippen LogP contribution >= 0.6 is 11.6 Å². The van der Waals surface area contributed by atoms with E-state index in [1.54, 1.807) is 0 Å². The number of hydrogen-bond acceptors (Lipinski definition) is 0. The Kier molecular flexibility index (Phi) is 9.59. The van der Waals surface area contributed by atoms with E-state index in [0.29, 0.717) is 0 Å². The summed E-state index contributed by atoms with van der Waals surface area (Å²) in [6.45, 7) is 5.52. The van der Waals surface area contributed by atoms with Crippen molar-refractivity contribution in [3.05, 3.63) is 41.0 Å². The summed E-state index contributed by atoms with van der Waals surface area (Å²) in [7, 11) is 0. The molecule has 1 nitrogen and oxygen atoms in total. The average Bonchev–Trinajstić information content (AvgIpc) is 2.52. The van der Waals surface area contributed by atoms with Crippen molar-refractivity contribution >= 4 is 22.5 Å². The molecule has 1 aromatic carbocycles. The SMILES string of the molecule is CCCCCCCCCC[n+]1c(C)ccc2cccc(Cl)c21.[Cl-]. The molecule has 0 amide bonds. The molecule has 0 bridgehead atoms. The van der Waals surface area contributed by atoms with Gasteiger partial charge >= 0.3 is 0 Å². The van der Waals surface area contributed by atoms with Gasteiger partial charge in [-0.25, -0.2) is 0 Å². The van der Waals surface area contributed by atoms with Gasteiger partial charge in [0, 0.05) is 24.8 Å². The van der Waals surface area contributed by atoms with Gasteiger partial charge in [0.05, 0.1) is 0 Å². The van der Waals surface area contributed by atoms with E-state index in [1.165, 1.54) is 68.0 Å². The van der Waals surface area contributed by atoms with E-state index in [0.717, 1.165) is 11.6 Å². The van der Waals surface area contributed by atoms with Crippen LogP contribution in [0.5, 0.6) is 0 Å². The van der Waals surface area contributed by atoms with Crippen LogP contribution < -0.4 is 17.0 Å². The number of nitrogens with zero attached hydrogens (tertiary/aromatic N) is 1. The lowest BCUT2D eigenvalue weighted by Gasteiger charge is -2.06. The Morgan fingerprint density at radius 2 is 1.52 bits per heavy atom. The second-order valence-corrected chi connectivity index (χ2v) is 6.69. The van der Waals surface area contributed by atoms with Crippen LogP contribution in [0.3, 0.4) is 0 Å². The van der Waals surface area contributed by atoms with Gasteiger partial charge in [-0.1, -0.05) is 63.1 Å². The topological polar surface area (TPSA) is 3.88 Å².